The van der Waals surface area contributed by atoms with Gasteiger partial charge in [0.25, 0.3) is 5.91 Å². The molecule has 0 unspecified atom stereocenters. The third-order valence-electron chi connectivity index (χ3n) is 4.20. The van der Waals surface area contributed by atoms with E-state index in [-0.39, 0.29) is 11.0 Å². The number of para-hydroxylation sites is 2. The van der Waals surface area contributed by atoms with Crippen LogP contribution in [-0.2, 0) is 0 Å². The number of benzene rings is 3. The summed E-state index contributed by atoms with van der Waals surface area (Å²) in [6.45, 7) is 1.97. The molecule has 4 aromatic rings. The van der Waals surface area contributed by atoms with E-state index in [9.17, 15) is 4.79 Å². The minimum atomic E-state index is -0.257. The Hall–Kier alpha value is -3.51. The first-order valence-corrected chi connectivity index (χ1v) is 9.14. The van der Waals surface area contributed by atoms with Crippen molar-refractivity contribution in [3.8, 4) is 11.5 Å². The van der Waals surface area contributed by atoms with Gasteiger partial charge in [0.05, 0.1) is 0 Å². The van der Waals surface area contributed by atoms with E-state index in [4.69, 9.17) is 16.6 Å². The van der Waals surface area contributed by atoms with Crippen molar-refractivity contribution in [2.24, 2.45) is 0 Å². The van der Waals surface area contributed by atoms with E-state index in [0.29, 0.717) is 11.5 Å². The molecule has 1 amide bonds. The van der Waals surface area contributed by atoms with Gasteiger partial charge in [0.15, 0.2) is 10.7 Å². The molecule has 6 heteroatoms. The molecule has 0 radical (unpaired) electrons. The Morgan fingerprint density at radius 2 is 1.79 bits per heavy atom. The van der Waals surface area contributed by atoms with E-state index in [1.165, 1.54) is 0 Å². The second-order valence-electron chi connectivity index (χ2n) is 6.34. The summed E-state index contributed by atoms with van der Waals surface area (Å²) in [6, 6.07) is 22.4. The number of nitrogens with one attached hydrogen (secondary N) is 2. The van der Waals surface area contributed by atoms with Gasteiger partial charge in [-0.1, -0.05) is 35.9 Å². The summed E-state index contributed by atoms with van der Waals surface area (Å²) in [4.78, 5) is 16.8. The SMILES string of the molecule is Cc1ccc(C(=O)NC(=S)Nc2cccc(-c3nc4ccccc4o3)c2)cc1. The zero-order valence-electron chi connectivity index (χ0n) is 15.1. The molecule has 1 aromatic heterocycles. The Morgan fingerprint density at radius 1 is 1.00 bits per heavy atom. The predicted molar refractivity (Wildman–Crippen MR) is 114 cm³/mol. The van der Waals surface area contributed by atoms with Gasteiger partial charge in [0.1, 0.15) is 5.52 Å². The molecule has 5 nitrogen and oxygen atoms in total. The topological polar surface area (TPSA) is 67.2 Å². The highest BCUT2D eigenvalue weighted by molar-refractivity contribution is 7.80. The fourth-order valence-corrected chi connectivity index (χ4v) is 2.98. The van der Waals surface area contributed by atoms with Crippen LogP contribution in [0, 0.1) is 6.92 Å². The maximum Gasteiger partial charge on any atom is 0.257 e. The molecule has 0 spiro atoms. The van der Waals surface area contributed by atoms with Gasteiger partial charge >= 0.3 is 0 Å². The summed E-state index contributed by atoms with van der Waals surface area (Å²) in [5.41, 5.74) is 4.72. The van der Waals surface area contributed by atoms with E-state index < -0.39 is 0 Å². The first kappa shape index (κ1) is 17.9. The fourth-order valence-electron chi connectivity index (χ4n) is 2.77. The molecule has 28 heavy (non-hydrogen) atoms. The molecule has 138 valence electrons. The highest BCUT2D eigenvalue weighted by Gasteiger charge is 2.10. The minimum absolute atomic E-state index is 0.222. The standard InChI is InChI=1S/C22H17N3O2S/c1-14-9-11-15(12-10-14)20(26)25-22(28)23-17-6-4-5-16(13-17)21-24-18-7-2-3-8-19(18)27-21/h2-13H,1H3,(H2,23,25,26,28). The molecule has 0 fully saturated rings. The van der Waals surface area contributed by atoms with Crippen molar-refractivity contribution in [3.05, 3.63) is 83.9 Å². The summed E-state index contributed by atoms with van der Waals surface area (Å²) in [5, 5.41) is 5.94. The zero-order valence-corrected chi connectivity index (χ0v) is 15.9. The van der Waals surface area contributed by atoms with Gasteiger partial charge in [-0.2, -0.15) is 0 Å². The average Bonchev–Trinajstić information content (AvgIpc) is 3.13. The quantitative estimate of drug-likeness (QED) is 0.488. The van der Waals surface area contributed by atoms with E-state index in [1.807, 2.05) is 67.6 Å². The number of thiocarbonyl (C=S) groups is 1. The summed E-state index contributed by atoms with van der Waals surface area (Å²) in [5.74, 6) is 0.270. The number of carbonyl (C=O) groups is 1. The molecular weight excluding hydrogens is 370 g/mol. The highest BCUT2D eigenvalue weighted by Crippen LogP contribution is 2.26. The Bertz CT molecular complexity index is 1130. The van der Waals surface area contributed by atoms with Crippen LogP contribution in [0.4, 0.5) is 5.69 Å². The largest absolute Gasteiger partial charge is 0.436 e. The van der Waals surface area contributed by atoms with E-state index in [2.05, 4.69) is 15.6 Å². The third kappa shape index (κ3) is 3.92. The Balaban J connectivity index is 1.47. The van der Waals surface area contributed by atoms with Crippen molar-refractivity contribution in [2.45, 2.75) is 6.92 Å². The number of rotatable bonds is 3. The van der Waals surface area contributed by atoms with Crippen molar-refractivity contribution >= 4 is 40.0 Å². The summed E-state index contributed by atoms with van der Waals surface area (Å²) < 4.78 is 5.80. The molecule has 0 bridgehead atoms. The molecule has 2 N–H and O–H groups in total. The van der Waals surface area contributed by atoms with Gasteiger partial charge in [0, 0.05) is 16.8 Å². The number of amides is 1. The van der Waals surface area contributed by atoms with Crippen molar-refractivity contribution in [1.29, 1.82) is 0 Å². The summed E-state index contributed by atoms with van der Waals surface area (Å²) in [7, 11) is 0. The molecule has 0 aliphatic rings. The van der Waals surface area contributed by atoms with Crippen molar-refractivity contribution < 1.29 is 9.21 Å². The lowest BCUT2D eigenvalue weighted by Crippen LogP contribution is -2.34. The Kier molecular flexibility index (Phi) is 4.87. The molecule has 0 aliphatic heterocycles. The molecule has 4 rings (SSSR count). The number of nitrogens with zero attached hydrogens (tertiary/aromatic N) is 1. The molecule has 3 aromatic carbocycles. The van der Waals surface area contributed by atoms with Crippen LogP contribution in [0.25, 0.3) is 22.6 Å². The van der Waals surface area contributed by atoms with Crippen molar-refractivity contribution in [2.75, 3.05) is 5.32 Å². The number of aryl methyl sites for hydroxylation is 1. The first-order chi connectivity index (χ1) is 13.6. The lowest BCUT2D eigenvalue weighted by Gasteiger charge is -2.10. The van der Waals surface area contributed by atoms with Crippen LogP contribution in [0.5, 0.6) is 0 Å². The number of anilines is 1. The van der Waals surface area contributed by atoms with Gasteiger partial charge in [0.2, 0.25) is 5.89 Å². The number of fused-ring (bicyclic) bond motifs is 1. The Labute approximate surface area is 167 Å². The molecule has 0 saturated heterocycles. The van der Waals surface area contributed by atoms with Gasteiger partial charge in [-0.15, -0.1) is 0 Å². The van der Waals surface area contributed by atoms with Crippen LogP contribution in [0.1, 0.15) is 15.9 Å². The molecule has 1 heterocycles. The van der Waals surface area contributed by atoms with Crippen molar-refractivity contribution in [3.63, 3.8) is 0 Å². The van der Waals surface area contributed by atoms with E-state index in [1.54, 1.807) is 12.1 Å². The van der Waals surface area contributed by atoms with Crippen LogP contribution in [0.15, 0.2) is 77.2 Å². The van der Waals surface area contributed by atoms with Crippen molar-refractivity contribution in [1.82, 2.24) is 10.3 Å². The van der Waals surface area contributed by atoms with Crippen LogP contribution < -0.4 is 10.6 Å². The number of oxazole rings is 1. The van der Waals surface area contributed by atoms with Gasteiger partial charge in [-0.3, -0.25) is 10.1 Å². The monoisotopic (exact) mass is 387 g/mol. The number of aromatic nitrogens is 1. The first-order valence-electron chi connectivity index (χ1n) is 8.73. The maximum absolute atomic E-state index is 12.3. The fraction of sp³-hybridized carbons (Fsp3) is 0.0455. The second kappa shape index (κ2) is 7.62. The van der Waals surface area contributed by atoms with Gasteiger partial charge in [-0.25, -0.2) is 4.98 Å². The average molecular weight is 387 g/mol. The number of carbonyl (C=O) groups excluding carboxylic acids is 1. The summed E-state index contributed by atoms with van der Waals surface area (Å²) in [6.07, 6.45) is 0. The molecule has 0 saturated carbocycles. The zero-order chi connectivity index (χ0) is 19.5. The van der Waals surface area contributed by atoms with Crippen LogP contribution in [-0.4, -0.2) is 16.0 Å². The normalized spacial score (nSPS) is 10.6. The predicted octanol–water partition coefficient (Wildman–Crippen LogP) is 4.93. The Morgan fingerprint density at radius 3 is 2.57 bits per heavy atom. The van der Waals surface area contributed by atoms with Gasteiger partial charge < -0.3 is 9.73 Å². The minimum Gasteiger partial charge on any atom is -0.436 e. The molecule has 0 aliphatic carbocycles. The van der Waals surface area contributed by atoms with E-state index >= 15 is 0 Å². The summed E-state index contributed by atoms with van der Waals surface area (Å²) >= 11 is 5.27. The van der Waals surface area contributed by atoms with Crippen LogP contribution in [0.2, 0.25) is 0 Å². The van der Waals surface area contributed by atoms with Crippen LogP contribution in [0.3, 0.4) is 0 Å². The molecular formula is C22H17N3O2S. The maximum atomic E-state index is 12.3. The van der Waals surface area contributed by atoms with E-state index in [0.717, 1.165) is 27.9 Å². The number of hydrogen-bond acceptors (Lipinski definition) is 4. The van der Waals surface area contributed by atoms with Gasteiger partial charge in [-0.05, 0) is 61.6 Å². The van der Waals surface area contributed by atoms with Crippen LogP contribution >= 0.6 is 12.2 Å². The smallest absolute Gasteiger partial charge is 0.257 e. The highest BCUT2D eigenvalue weighted by atomic mass is 32.1. The second-order valence-corrected chi connectivity index (χ2v) is 6.75. The number of hydrogen-bond donors (Lipinski definition) is 2. The third-order valence-corrected chi connectivity index (χ3v) is 4.41. The lowest BCUT2D eigenvalue weighted by molar-refractivity contribution is 0.0977. The molecule has 0 atom stereocenters. The lowest BCUT2D eigenvalue weighted by atomic mass is 10.1.